The molecule has 1 aliphatic rings. The Labute approximate surface area is 175 Å². The molecule has 1 heterocycles. The van der Waals surface area contributed by atoms with Crippen molar-refractivity contribution < 1.29 is 14.0 Å². The van der Waals surface area contributed by atoms with E-state index in [1.54, 1.807) is 30.3 Å². The van der Waals surface area contributed by atoms with Crippen molar-refractivity contribution in [1.82, 2.24) is 10.6 Å². The van der Waals surface area contributed by atoms with Gasteiger partial charge in [0.25, 0.3) is 11.8 Å². The molecule has 5 heteroatoms. The second-order valence-corrected chi connectivity index (χ2v) is 7.51. The average molecular weight is 400 g/mol. The van der Waals surface area contributed by atoms with Crippen LogP contribution in [0.15, 0.2) is 77.0 Å². The van der Waals surface area contributed by atoms with Crippen molar-refractivity contribution in [3.05, 3.63) is 101 Å². The Kier molecular flexibility index (Phi) is 5.80. The monoisotopic (exact) mass is 400 g/mol. The van der Waals surface area contributed by atoms with E-state index in [2.05, 4.69) is 22.8 Å². The van der Waals surface area contributed by atoms with Gasteiger partial charge in [-0.25, -0.2) is 0 Å². The normalized spacial score (nSPS) is 15.9. The Morgan fingerprint density at radius 2 is 1.83 bits per heavy atom. The van der Waals surface area contributed by atoms with Gasteiger partial charge in [0.05, 0.1) is 12.3 Å². The van der Waals surface area contributed by atoms with Gasteiger partial charge in [-0.15, -0.1) is 0 Å². The summed E-state index contributed by atoms with van der Waals surface area (Å²) in [6.45, 7) is 1.96. The van der Waals surface area contributed by atoms with Gasteiger partial charge in [0.15, 0.2) is 0 Å². The van der Waals surface area contributed by atoms with E-state index in [9.17, 15) is 9.59 Å². The number of amides is 2. The number of nitrogens with one attached hydrogen (secondary N) is 2. The molecule has 2 N–H and O–H groups in total. The Morgan fingerprint density at radius 3 is 2.60 bits per heavy atom. The summed E-state index contributed by atoms with van der Waals surface area (Å²) in [5, 5.41) is 5.84. The second-order valence-electron chi connectivity index (χ2n) is 7.51. The van der Waals surface area contributed by atoms with E-state index >= 15 is 0 Å². The van der Waals surface area contributed by atoms with Gasteiger partial charge in [-0.1, -0.05) is 42.0 Å². The minimum atomic E-state index is -0.341. The topological polar surface area (TPSA) is 71.3 Å². The van der Waals surface area contributed by atoms with Crippen molar-refractivity contribution in [2.75, 3.05) is 0 Å². The van der Waals surface area contributed by atoms with E-state index in [1.165, 1.54) is 11.8 Å². The second kappa shape index (κ2) is 8.82. The Morgan fingerprint density at radius 1 is 1.03 bits per heavy atom. The average Bonchev–Trinajstić information content (AvgIpc) is 3.27. The van der Waals surface area contributed by atoms with Crippen LogP contribution in [0.4, 0.5) is 0 Å². The summed E-state index contributed by atoms with van der Waals surface area (Å²) in [6, 6.07) is 18.8. The van der Waals surface area contributed by atoms with Crippen LogP contribution in [0.25, 0.3) is 6.08 Å². The molecule has 0 fully saturated rings. The van der Waals surface area contributed by atoms with Crippen molar-refractivity contribution in [3.8, 4) is 0 Å². The number of benzene rings is 2. The first-order chi connectivity index (χ1) is 14.6. The maximum Gasteiger partial charge on any atom is 0.268 e. The molecule has 0 spiro atoms. The van der Waals surface area contributed by atoms with Crippen LogP contribution in [-0.2, 0) is 11.2 Å². The molecular formula is C25H24N2O3. The standard InChI is InChI=1S/C25H24N2O3/c1-17-11-13-19(14-12-17)24(28)27-23(16-20-8-5-15-30-20)25(29)26-22-10-4-7-18-6-2-3-9-21(18)22/h2-3,5-6,8-9,11-16,22H,4,7,10H2,1H3,(H,26,29)(H,27,28)/b23-16-/t22-/m1/s1. The molecule has 2 aromatic carbocycles. The zero-order valence-corrected chi connectivity index (χ0v) is 16.9. The lowest BCUT2D eigenvalue weighted by Crippen LogP contribution is -2.37. The van der Waals surface area contributed by atoms with Crippen LogP contribution in [0, 0.1) is 6.92 Å². The van der Waals surface area contributed by atoms with Crippen molar-refractivity contribution >= 4 is 17.9 Å². The van der Waals surface area contributed by atoms with Crippen LogP contribution in [0.1, 0.15) is 51.7 Å². The fraction of sp³-hybridized carbons (Fsp3) is 0.200. The first kappa shape index (κ1) is 19.7. The molecule has 3 aromatic rings. The minimum Gasteiger partial charge on any atom is -0.465 e. The van der Waals surface area contributed by atoms with Crippen LogP contribution >= 0.6 is 0 Å². The van der Waals surface area contributed by atoms with Gasteiger partial charge in [-0.05, 0) is 61.6 Å². The molecule has 2 amide bonds. The number of aryl methyl sites for hydroxylation is 2. The fourth-order valence-electron chi connectivity index (χ4n) is 3.71. The first-order valence-corrected chi connectivity index (χ1v) is 10.1. The van der Waals surface area contributed by atoms with Crippen molar-refractivity contribution in [1.29, 1.82) is 0 Å². The lowest BCUT2D eigenvalue weighted by Gasteiger charge is -2.26. The summed E-state index contributed by atoms with van der Waals surface area (Å²) < 4.78 is 5.36. The summed E-state index contributed by atoms with van der Waals surface area (Å²) in [7, 11) is 0. The number of hydrogen-bond acceptors (Lipinski definition) is 3. The highest BCUT2D eigenvalue weighted by Gasteiger charge is 2.24. The minimum absolute atomic E-state index is 0.0845. The summed E-state index contributed by atoms with van der Waals surface area (Å²) in [6.07, 6.45) is 5.97. The molecule has 1 atom stereocenters. The van der Waals surface area contributed by atoms with Crippen LogP contribution < -0.4 is 10.6 Å². The number of carbonyl (C=O) groups excluding carboxylic acids is 2. The maximum absolute atomic E-state index is 13.1. The van der Waals surface area contributed by atoms with Crippen LogP contribution in [0.2, 0.25) is 0 Å². The van der Waals surface area contributed by atoms with Crippen molar-refractivity contribution in [2.45, 2.75) is 32.2 Å². The number of furan rings is 1. The predicted octanol–water partition coefficient (Wildman–Crippen LogP) is 4.55. The largest absolute Gasteiger partial charge is 0.465 e. The van der Waals surface area contributed by atoms with E-state index < -0.39 is 0 Å². The highest BCUT2D eigenvalue weighted by atomic mass is 16.3. The number of fused-ring (bicyclic) bond motifs is 1. The molecule has 0 saturated carbocycles. The molecule has 0 unspecified atom stereocenters. The van der Waals surface area contributed by atoms with E-state index in [-0.39, 0.29) is 23.6 Å². The SMILES string of the molecule is Cc1ccc(C(=O)N/C(=C\c2ccco2)C(=O)N[C@@H]2CCCc3ccccc32)cc1. The zero-order valence-electron chi connectivity index (χ0n) is 16.9. The van der Waals surface area contributed by atoms with Gasteiger partial charge >= 0.3 is 0 Å². The molecule has 30 heavy (non-hydrogen) atoms. The zero-order chi connectivity index (χ0) is 20.9. The summed E-state index contributed by atoms with van der Waals surface area (Å²) in [4.78, 5) is 25.9. The molecule has 152 valence electrons. The van der Waals surface area contributed by atoms with E-state index in [4.69, 9.17) is 4.42 Å². The van der Waals surface area contributed by atoms with Gasteiger partial charge in [-0.2, -0.15) is 0 Å². The molecule has 1 aromatic heterocycles. The van der Waals surface area contributed by atoms with E-state index in [1.807, 2.05) is 31.2 Å². The molecule has 5 nitrogen and oxygen atoms in total. The Hall–Kier alpha value is -3.60. The maximum atomic E-state index is 13.1. The highest BCUT2D eigenvalue weighted by Crippen LogP contribution is 2.29. The van der Waals surface area contributed by atoms with Gasteiger partial charge in [0.1, 0.15) is 11.5 Å². The van der Waals surface area contributed by atoms with Crippen LogP contribution in [0.3, 0.4) is 0 Å². The van der Waals surface area contributed by atoms with Crippen LogP contribution in [0.5, 0.6) is 0 Å². The fourth-order valence-corrected chi connectivity index (χ4v) is 3.71. The molecular weight excluding hydrogens is 376 g/mol. The van der Waals surface area contributed by atoms with Crippen molar-refractivity contribution in [2.24, 2.45) is 0 Å². The lowest BCUT2D eigenvalue weighted by molar-refractivity contribution is -0.118. The summed E-state index contributed by atoms with van der Waals surface area (Å²) >= 11 is 0. The number of rotatable bonds is 5. The highest BCUT2D eigenvalue weighted by molar-refractivity contribution is 6.05. The van der Waals surface area contributed by atoms with Gasteiger partial charge in [0, 0.05) is 11.6 Å². The quantitative estimate of drug-likeness (QED) is 0.617. The molecule has 0 aliphatic heterocycles. The number of carbonyl (C=O) groups is 2. The smallest absolute Gasteiger partial charge is 0.268 e. The van der Waals surface area contributed by atoms with Gasteiger partial charge in [0.2, 0.25) is 0 Å². The molecule has 1 aliphatic carbocycles. The molecule has 0 radical (unpaired) electrons. The number of hydrogen-bond donors (Lipinski definition) is 2. The van der Waals surface area contributed by atoms with Gasteiger partial charge in [-0.3, -0.25) is 9.59 Å². The first-order valence-electron chi connectivity index (χ1n) is 10.1. The van der Waals surface area contributed by atoms with E-state index in [0.29, 0.717) is 11.3 Å². The third-order valence-electron chi connectivity index (χ3n) is 5.31. The van der Waals surface area contributed by atoms with Crippen LogP contribution in [-0.4, -0.2) is 11.8 Å². The van der Waals surface area contributed by atoms with Crippen molar-refractivity contribution in [3.63, 3.8) is 0 Å². The molecule has 0 bridgehead atoms. The molecule has 0 saturated heterocycles. The third-order valence-corrected chi connectivity index (χ3v) is 5.31. The summed E-state index contributed by atoms with van der Waals surface area (Å²) in [5.74, 6) is -0.186. The summed E-state index contributed by atoms with van der Waals surface area (Å²) in [5.41, 5.74) is 4.10. The predicted molar refractivity (Wildman–Crippen MR) is 116 cm³/mol. The van der Waals surface area contributed by atoms with E-state index in [0.717, 1.165) is 30.4 Å². The van der Waals surface area contributed by atoms with Gasteiger partial charge < -0.3 is 15.1 Å². The molecule has 4 rings (SSSR count). The Balaban J connectivity index is 1.56. The Bertz CT molecular complexity index is 1070. The third kappa shape index (κ3) is 4.51. The lowest BCUT2D eigenvalue weighted by atomic mass is 9.87.